The number of fused-ring (bicyclic) bond motifs is 2. The van der Waals surface area contributed by atoms with Crippen molar-refractivity contribution in [3.8, 4) is 22.7 Å². The molecule has 0 amide bonds. The SMILES string of the molecule is Cc1c(C)c2cc(-c3ccc4c(=O)[nH]c(=O)n(-c5ccc(F)cc5)c4n3)c(O)c(C)c2oc1=O. The van der Waals surface area contributed by atoms with E-state index in [-0.39, 0.29) is 22.4 Å². The number of benzene rings is 2. The topological polar surface area (TPSA) is 118 Å². The van der Waals surface area contributed by atoms with Gasteiger partial charge in [-0.1, -0.05) is 0 Å². The van der Waals surface area contributed by atoms with Gasteiger partial charge in [0.05, 0.1) is 16.8 Å². The number of aryl methyl sites for hydroxylation is 2. The highest BCUT2D eigenvalue weighted by Gasteiger charge is 2.19. The first-order chi connectivity index (χ1) is 16.2. The number of nitrogens with zero attached hydrogens (tertiary/aromatic N) is 2. The van der Waals surface area contributed by atoms with E-state index in [2.05, 4.69) is 9.97 Å². The highest BCUT2D eigenvalue weighted by atomic mass is 19.1. The van der Waals surface area contributed by atoms with E-state index in [0.29, 0.717) is 39.0 Å². The summed E-state index contributed by atoms with van der Waals surface area (Å²) in [6, 6.07) is 9.89. The number of aromatic nitrogens is 3. The quantitative estimate of drug-likeness (QED) is 0.389. The summed E-state index contributed by atoms with van der Waals surface area (Å²) in [5.74, 6) is -0.626. The van der Waals surface area contributed by atoms with Gasteiger partial charge in [-0.25, -0.2) is 23.5 Å². The molecule has 0 spiro atoms. The lowest BCUT2D eigenvalue weighted by molar-refractivity contribution is 0.469. The first-order valence-electron chi connectivity index (χ1n) is 10.4. The highest BCUT2D eigenvalue weighted by Crippen LogP contribution is 2.38. The fourth-order valence-corrected chi connectivity index (χ4v) is 4.01. The molecule has 0 aliphatic rings. The molecule has 0 bridgehead atoms. The lowest BCUT2D eigenvalue weighted by atomic mass is 9.98. The molecule has 34 heavy (non-hydrogen) atoms. The Morgan fingerprint density at radius 1 is 0.941 bits per heavy atom. The van der Waals surface area contributed by atoms with Crippen LogP contribution in [-0.2, 0) is 0 Å². The molecule has 170 valence electrons. The Balaban J connectivity index is 1.86. The van der Waals surface area contributed by atoms with E-state index in [0.717, 1.165) is 0 Å². The minimum absolute atomic E-state index is 0.0440. The zero-order valence-corrected chi connectivity index (χ0v) is 18.4. The average molecular weight is 459 g/mol. The second kappa shape index (κ2) is 7.51. The Kier molecular flexibility index (Phi) is 4.71. The van der Waals surface area contributed by atoms with E-state index in [9.17, 15) is 23.9 Å². The van der Waals surface area contributed by atoms with E-state index in [1.807, 2.05) is 0 Å². The van der Waals surface area contributed by atoms with Crippen LogP contribution in [0.2, 0.25) is 0 Å². The zero-order chi connectivity index (χ0) is 24.3. The molecule has 2 aromatic carbocycles. The van der Waals surface area contributed by atoms with Gasteiger partial charge in [0.25, 0.3) is 5.56 Å². The monoisotopic (exact) mass is 459 g/mol. The Morgan fingerprint density at radius 2 is 1.65 bits per heavy atom. The summed E-state index contributed by atoms with van der Waals surface area (Å²) in [6.45, 7) is 5.07. The van der Waals surface area contributed by atoms with Crippen molar-refractivity contribution < 1.29 is 13.9 Å². The van der Waals surface area contributed by atoms with Crippen molar-refractivity contribution in [1.82, 2.24) is 14.5 Å². The molecule has 0 aliphatic heterocycles. The van der Waals surface area contributed by atoms with Gasteiger partial charge in [0, 0.05) is 22.1 Å². The van der Waals surface area contributed by atoms with Gasteiger partial charge in [0.1, 0.15) is 17.1 Å². The predicted molar refractivity (Wildman–Crippen MR) is 125 cm³/mol. The van der Waals surface area contributed by atoms with E-state index in [1.54, 1.807) is 32.9 Å². The van der Waals surface area contributed by atoms with Crippen molar-refractivity contribution >= 4 is 22.0 Å². The van der Waals surface area contributed by atoms with E-state index < -0.39 is 22.7 Å². The Bertz CT molecular complexity index is 1820. The van der Waals surface area contributed by atoms with Crippen LogP contribution in [0.25, 0.3) is 38.9 Å². The van der Waals surface area contributed by atoms with Crippen molar-refractivity contribution in [2.75, 3.05) is 0 Å². The van der Waals surface area contributed by atoms with E-state index in [1.165, 1.54) is 34.9 Å². The molecule has 3 heterocycles. The van der Waals surface area contributed by atoms with Gasteiger partial charge in [-0.05, 0) is 68.8 Å². The third kappa shape index (κ3) is 3.13. The fourth-order valence-electron chi connectivity index (χ4n) is 4.01. The third-order valence-electron chi connectivity index (χ3n) is 6.07. The molecule has 0 saturated heterocycles. The van der Waals surface area contributed by atoms with Gasteiger partial charge in [0.15, 0.2) is 5.65 Å². The van der Waals surface area contributed by atoms with Gasteiger partial charge in [-0.15, -0.1) is 0 Å². The molecule has 0 radical (unpaired) electrons. The van der Waals surface area contributed by atoms with Crippen molar-refractivity contribution in [2.45, 2.75) is 20.8 Å². The van der Waals surface area contributed by atoms with Gasteiger partial charge in [-0.2, -0.15) is 0 Å². The number of aromatic amines is 1. The van der Waals surface area contributed by atoms with Crippen LogP contribution in [0.3, 0.4) is 0 Å². The van der Waals surface area contributed by atoms with E-state index in [4.69, 9.17) is 4.42 Å². The van der Waals surface area contributed by atoms with Crippen LogP contribution in [0.15, 0.2) is 61.3 Å². The number of rotatable bonds is 2. The fraction of sp³-hybridized carbons (Fsp3) is 0.120. The summed E-state index contributed by atoms with van der Waals surface area (Å²) in [7, 11) is 0. The van der Waals surface area contributed by atoms with Crippen LogP contribution in [-0.4, -0.2) is 19.6 Å². The molecule has 8 nitrogen and oxygen atoms in total. The minimum atomic E-state index is -0.735. The number of nitrogens with one attached hydrogen (secondary N) is 1. The summed E-state index contributed by atoms with van der Waals surface area (Å²) in [6.07, 6.45) is 0. The van der Waals surface area contributed by atoms with Crippen LogP contribution >= 0.6 is 0 Å². The number of H-pyrrole nitrogens is 1. The number of pyridine rings is 1. The number of halogens is 1. The van der Waals surface area contributed by atoms with E-state index >= 15 is 0 Å². The minimum Gasteiger partial charge on any atom is -0.507 e. The molecule has 9 heteroatoms. The third-order valence-corrected chi connectivity index (χ3v) is 6.07. The van der Waals surface area contributed by atoms with Crippen molar-refractivity contribution in [3.63, 3.8) is 0 Å². The predicted octanol–water partition coefficient (Wildman–Crippen LogP) is 3.62. The first kappa shape index (κ1) is 21.3. The van der Waals surface area contributed by atoms with Crippen LogP contribution in [0, 0.1) is 26.6 Å². The van der Waals surface area contributed by atoms with Gasteiger partial charge < -0.3 is 9.52 Å². The maximum Gasteiger partial charge on any atom is 0.339 e. The second-order valence-electron chi connectivity index (χ2n) is 8.05. The summed E-state index contributed by atoms with van der Waals surface area (Å²) in [5.41, 5.74) is 0.929. The molecule has 3 aromatic heterocycles. The highest BCUT2D eigenvalue weighted by molar-refractivity contribution is 5.92. The Labute approximate surface area is 190 Å². The lowest BCUT2D eigenvalue weighted by Crippen LogP contribution is -2.29. The summed E-state index contributed by atoms with van der Waals surface area (Å²) in [5, 5.41) is 11.7. The number of aromatic hydroxyl groups is 1. The first-order valence-corrected chi connectivity index (χ1v) is 10.4. The molecule has 0 fully saturated rings. The largest absolute Gasteiger partial charge is 0.507 e. The van der Waals surface area contributed by atoms with Crippen molar-refractivity contribution in [3.05, 3.63) is 96.2 Å². The molecular formula is C25H18FN3O5. The number of phenolic OH excluding ortho intramolecular Hbond substituents is 1. The number of hydrogen-bond donors (Lipinski definition) is 2. The molecule has 2 N–H and O–H groups in total. The summed E-state index contributed by atoms with van der Waals surface area (Å²) in [4.78, 5) is 44.0. The van der Waals surface area contributed by atoms with Crippen LogP contribution in [0.4, 0.5) is 4.39 Å². The maximum absolute atomic E-state index is 13.4. The standard InChI is InChI=1S/C25H18FN3O5/c1-11-12(2)24(32)34-21-13(3)20(30)18(10-17(11)21)19-9-8-16-22(27-19)29(25(33)28-23(16)31)15-6-4-14(26)5-7-15/h4-10,30H,1-3H3,(H,28,31,33). The van der Waals surface area contributed by atoms with Gasteiger partial charge >= 0.3 is 11.3 Å². The number of hydrogen-bond acceptors (Lipinski definition) is 6. The molecule has 0 unspecified atom stereocenters. The smallest absolute Gasteiger partial charge is 0.339 e. The molecule has 5 rings (SSSR count). The maximum atomic E-state index is 13.4. The molecule has 0 atom stereocenters. The molecular weight excluding hydrogens is 441 g/mol. The second-order valence-corrected chi connectivity index (χ2v) is 8.05. The average Bonchev–Trinajstić information content (AvgIpc) is 2.81. The normalized spacial score (nSPS) is 11.4. The summed E-state index contributed by atoms with van der Waals surface area (Å²) < 4.78 is 20.0. The lowest BCUT2D eigenvalue weighted by Gasteiger charge is -2.14. The van der Waals surface area contributed by atoms with Crippen LogP contribution in [0.1, 0.15) is 16.7 Å². The zero-order valence-electron chi connectivity index (χ0n) is 18.4. The Hall–Kier alpha value is -4.53. The number of phenols is 1. The van der Waals surface area contributed by atoms with Crippen LogP contribution < -0.4 is 16.9 Å². The molecule has 0 aliphatic carbocycles. The Morgan fingerprint density at radius 3 is 2.35 bits per heavy atom. The van der Waals surface area contributed by atoms with Gasteiger partial charge in [0.2, 0.25) is 0 Å². The summed E-state index contributed by atoms with van der Waals surface area (Å²) >= 11 is 0. The molecule has 5 aromatic rings. The molecule has 0 saturated carbocycles. The van der Waals surface area contributed by atoms with Crippen molar-refractivity contribution in [1.29, 1.82) is 0 Å². The van der Waals surface area contributed by atoms with Gasteiger partial charge in [-0.3, -0.25) is 9.78 Å². The van der Waals surface area contributed by atoms with Crippen molar-refractivity contribution in [2.24, 2.45) is 0 Å². The van der Waals surface area contributed by atoms with Crippen LogP contribution in [0.5, 0.6) is 5.75 Å².